The third-order valence-corrected chi connectivity index (χ3v) is 4.75. The number of piperidine rings is 2. The molecule has 6 nitrogen and oxygen atoms in total. The highest BCUT2D eigenvalue weighted by atomic mass is 16.1. The smallest absolute Gasteiger partial charge is 0.220 e. The van der Waals surface area contributed by atoms with Crippen LogP contribution < -0.4 is 16.0 Å². The third kappa shape index (κ3) is 2.11. The summed E-state index contributed by atoms with van der Waals surface area (Å²) >= 11 is 0. The van der Waals surface area contributed by atoms with Crippen LogP contribution in [-0.2, 0) is 4.79 Å². The number of carbonyl (C=O) groups is 1. The van der Waals surface area contributed by atoms with Crippen LogP contribution in [0, 0.1) is 5.92 Å². The first kappa shape index (κ1) is 12.5. The van der Waals surface area contributed by atoms with Crippen molar-refractivity contribution in [3.8, 4) is 0 Å². The number of amides is 1. The minimum Gasteiger partial charge on any atom is -0.397 e. The zero-order valence-electron chi connectivity index (χ0n) is 11.8. The molecule has 3 heterocycles. The van der Waals surface area contributed by atoms with Crippen molar-refractivity contribution in [2.24, 2.45) is 5.92 Å². The van der Waals surface area contributed by atoms with Crippen molar-refractivity contribution in [3.05, 3.63) is 18.3 Å². The van der Waals surface area contributed by atoms with E-state index < -0.39 is 0 Å². The van der Waals surface area contributed by atoms with Gasteiger partial charge in [0.05, 0.1) is 23.1 Å². The van der Waals surface area contributed by atoms with Crippen molar-refractivity contribution >= 4 is 28.2 Å². The van der Waals surface area contributed by atoms with Gasteiger partial charge in [0.1, 0.15) is 0 Å². The fraction of sp³-hybridized carbons (Fsp3) is 0.467. The van der Waals surface area contributed by atoms with Gasteiger partial charge in [0.2, 0.25) is 5.91 Å². The van der Waals surface area contributed by atoms with Gasteiger partial charge in [0.25, 0.3) is 0 Å². The fourth-order valence-electron chi connectivity index (χ4n) is 3.60. The SMILES string of the molecule is Nc1cc2cn[nH]c2cc1N1CCC2NC(=O)CCC2C1. The Kier molecular flexibility index (Phi) is 2.77. The molecule has 0 spiro atoms. The van der Waals surface area contributed by atoms with Crippen LogP contribution in [0.5, 0.6) is 0 Å². The lowest BCUT2D eigenvalue weighted by Gasteiger charge is -2.42. The lowest BCUT2D eigenvalue weighted by Crippen LogP contribution is -2.54. The van der Waals surface area contributed by atoms with Gasteiger partial charge in [-0.3, -0.25) is 9.89 Å². The second kappa shape index (κ2) is 4.65. The van der Waals surface area contributed by atoms with E-state index in [1.165, 1.54) is 0 Å². The molecule has 2 aliphatic heterocycles. The van der Waals surface area contributed by atoms with Crippen LogP contribution in [0.25, 0.3) is 10.9 Å². The molecule has 4 rings (SSSR count). The van der Waals surface area contributed by atoms with Crippen LogP contribution >= 0.6 is 0 Å². The van der Waals surface area contributed by atoms with Gasteiger partial charge in [0.15, 0.2) is 0 Å². The molecule has 110 valence electrons. The number of nitrogens with one attached hydrogen (secondary N) is 2. The number of hydrogen-bond donors (Lipinski definition) is 3. The number of carbonyl (C=O) groups excluding carboxylic acids is 1. The molecule has 0 aliphatic carbocycles. The second-order valence-corrected chi connectivity index (χ2v) is 6.08. The molecule has 1 aromatic heterocycles. The van der Waals surface area contributed by atoms with E-state index in [4.69, 9.17) is 5.73 Å². The van der Waals surface area contributed by atoms with Crippen LogP contribution in [0.1, 0.15) is 19.3 Å². The first-order valence-corrected chi connectivity index (χ1v) is 7.47. The number of H-pyrrole nitrogens is 1. The highest BCUT2D eigenvalue weighted by Crippen LogP contribution is 2.33. The van der Waals surface area contributed by atoms with Gasteiger partial charge in [-0.2, -0.15) is 5.10 Å². The molecular formula is C15H19N5O. The maximum absolute atomic E-state index is 11.5. The first-order valence-electron chi connectivity index (χ1n) is 7.47. The number of benzene rings is 1. The lowest BCUT2D eigenvalue weighted by atomic mass is 9.85. The molecule has 1 amide bonds. The Balaban J connectivity index is 1.61. The highest BCUT2D eigenvalue weighted by Gasteiger charge is 2.34. The molecule has 6 heteroatoms. The third-order valence-electron chi connectivity index (χ3n) is 4.75. The molecule has 2 fully saturated rings. The van der Waals surface area contributed by atoms with E-state index in [1.54, 1.807) is 6.20 Å². The van der Waals surface area contributed by atoms with Gasteiger partial charge in [-0.15, -0.1) is 0 Å². The predicted octanol–water partition coefficient (Wildman–Crippen LogP) is 1.25. The van der Waals surface area contributed by atoms with Crippen molar-refractivity contribution in [1.82, 2.24) is 15.5 Å². The monoisotopic (exact) mass is 285 g/mol. The van der Waals surface area contributed by atoms with Crippen molar-refractivity contribution in [2.75, 3.05) is 23.7 Å². The standard InChI is InChI=1S/C15H19N5O/c16-11-5-10-7-17-19-13(10)6-14(11)20-4-3-12-9(8-20)1-2-15(21)18-12/h5-7,9,12H,1-4,8,16H2,(H,17,19)(H,18,21). The van der Waals surface area contributed by atoms with Crippen LogP contribution in [-0.4, -0.2) is 35.2 Å². The normalized spacial score (nSPS) is 25.7. The minimum absolute atomic E-state index is 0.197. The number of hydrogen-bond acceptors (Lipinski definition) is 4. The maximum Gasteiger partial charge on any atom is 0.220 e. The topological polar surface area (TPSA) is 87.0 Å². The highest BCUT2D eigenvalue weighted by molar-refractivity contribution is 5.89. The number of aromatic amines is 1. The van der Waals surface area contributed by atoms with Crippen LogP contribution in [0.3, 0.4) is 0 Å². The molecular weight excluding hydrogens is 266 g/mol. The molecule has 0 saturated carbocycles. The molecule has 2 aliphatic rings. The van der Waals surface area contributed by atoms with Crippen molar-refractivity contribution in [3.63, 3.8) is 0 Å². The Labute approximate surface area is 122 Å². The maximum atomic E-state index is 11.5. The van der Waals surface area contributed by atoms with Crippen LogP contribution in [0.2, 0.25) is 0 Å². The summed E-state index contributed by atoms with van der Waals surface area (Å²) in [5.41, 5.74) is 9.09. The summed E-state index contributed by atoms with van der Waals surface area (Å²) in [7, 11) is 0. The van der Waals surface area contributed by atoms with E-state index in [-0.39, 0.29) is 5.91 Å². The van der Waals surface area contributed by atoms with Gasteiger partial charge in [-0.25, -0.2) is 0 Å². The molecule has 0 bridgehead atoms. The molecule has 1 aromatic carbocycles. The van der Waals surface area contributed by atoms with Crippen molar-refractivity contribution in [2.45, 2.75) is 25.3 Å². The van der Waals surface area contributed by atoms with E-state index in [0.717, 1.165) is 48.2 Å². The number of nitrogen functional groups attached to an aromatic ring is 1. The Morgan fingerprint density at radius 1 is 1.33 bits per heavy atom. The quantitative estimate of drug-likeness (QED) is 0.688. The number of fused-ring (bicyclic) bond motifs is 2. The van der Waals surface area contributed by atoms with Gasteiger partial charge in [-0.05, 0) is 30.9 Å². The summed E-state index contributed by atoms with van der Waals surface area (Å²) in [5.74, 6) is 0.719. The van der Waals surface area contributed by atoms with Gasteiger partial charge in [-0.1, -0.05) is 0 Å². The molecule has 2 atom stereocenters. The fourth-order valence-corrected chi connectivity index (χ4v) is 3.60. The average molecular weight is 285 g/mol. The average Bonchev–Trinajstić information content (AvgIpc) is 2.93. The van der Waals surface area contributed by atoms with Gasteiger partial charge < -0.3 is 16.0 Å². The molecule has 21 heavy (non-hydrogen) atoms. The van der Waals surface area contributed by atoms with Gasteiger partial charge in [0, 0.05) is 30.9 Å². The number of nitrogens with two attached hydrogens (primary N) is 1. The van der Waals surface area contributed by atoms with E-state index in [2.05, 4.69) is 26.5 Å². The van der Waals surface area contributed by atoms with Crippen LogP contribution in [0.4, 0.5) is 11.4 Å². The van der Waals surface area contributed by atoms with E-state index in [0.29, 0.717) is 18.4 Å². The van der Waals surface area contributed by atoms with Gasteiger partial charge >= 0.3 is 0 Å². The Hall–Kier alpha value is -2.24. The summed E-state index contributed by atoms with van der Waals surface area (Å²) in [6.07, 6.45) is 4.39. The summed E-state index contributed by atoms with van der Waals surface area (Å²) in [6, 6.07) is 4.39. The number of rotatable bonds is 1. The molecule has 2 unspecified atom stereocenters. The molecule has 2 saturated heterocycles. The Morgan fingerprint density at radius 3 is 3.14 bits per heavy atom. The summed E-state index contributed by atoms with van der Waals surface area (Å²) in [4.78, 5) is 13.8. The summed E-state index contributed by atoms with van der Waals surface area (Å²) in [6.45, 7) is 1.88. The lowest BCUT2D eigenvalue weighted by molar-refractivity contribution is -0.124. The molecule has 0 radical (unpaired) electrons. The van der Waals surface area contributed by atoms with Crippen molar-refractivity contribution < 1.29 is 4.79 Å². The Bertz CT molecular complexity index is 694. The largest absolute Gasteiger partial charge is 0.397 e. The number of aromatic nitrogens is 2. The van der Waals surface area contributed by atoms with E-state index in [9.17, 15) is 4.79 Å². The van der Waals surface area contributed by atoms with Crippen LogP contribution in [0.15, 0.2) is 18.3 Å². The van der Waals surface area contributed by atoms with E-state index in [1.807, 2.05) is 6.07 Å². The zero-order valence-corrected chi connectivity index (χ0v) is 11.8. The predicted molar refractivity (Wildman–Crippen MR) is 82.0 cm³/mol. The summed E-state index contributed by atoms with van der Waals surface area (Å²) < 4.78 is 0. The minimum atomic E-state index is 0.197. The Morgan fingerprint density at radius 2 is 2.24 bits per heavy atom. The van der Waals surface area contributed by atoms with E-state index >= 15 is 0 Å². The molecule has 4 N–H and O–H groups in total. The number of nitrogens with zero attached hydrogens (tertiary/aromatic N) is 2. The molecule has 2 aromatic rings. The first-order chi connectivity index (χ1) is 10.2. The zero-order chi connectivity index (χ0) is 14.4. The van der Waals surface area contributed by atoms with Crippen molar-refractivity contribution in [1.29, 1.82) is 0 Å². The second-order valence-electron chi connectivity index (χ2n) is 6.08. The number of anilines is 2. The summed E-state index contributed by atoms with van der Waals surface area (Å²) in [5, 5.41) is 11.2.